The first-order valence-electron chi connectivity index (χ1n) is 14.2. The highest BCUT2D eigenvalue weighted by Crippen LogP contribution is 2.49. The van der Waals surface area contributed by atoms with E-state index in [-0.39, 0.29) is 72.1 Å². The lowest BCUT2D eigenvalue weighted by Crippen LogP contribution is -2.29. The van der Waals surface area contributed by atoms with Crippen LogP contribution < -0.4 is 19.3 Å². The average molecular weight is 692 g/mol. The summed E-state index contributed by atoms with van der Waals surface area (Å²) in [5.41, 5.74) is -0.0949. The molecule has 0 spiro atoms. The Morgan fingerprint density at radius 1 is 0.979 bits per heavy atom. The van der Waals surface area contributed by atoms with E-state index < -0.39 is 40.5 Å². The van der Waals surface area contributed by atoms with Crippen molar-refractivity contribution in [2.75, 3.05) is 30.3 Å². The summed E-state index contributed by atoms with van der Waals surface area (Å²) in [4.78, 5) is 47.8. The van der Waals surface area contributed by atoms with Crippen molar-refractivity contribution >= 4 is 46.7 Å². The van der Waals surface area contributed by atoms with Gasteiger partial charge < -0.3 is 19.3 Å². The van der Waals surface area contributed by atoms with Crippen LogP contribution in [0.25, 0.3) is 0 Å². The molecule has 0 aliphatic carbocycles. The number of rotatable bonds is 18. The van der Waals surface area contributed by atoms with Gasteiger partial charge in [0.05, 0.1) is 35.7 Å². The van der Waals surface area contributed by atoms with Crippen LogP contribution in [0.4, 0.5) is 11.4 Å². The summed E-state index contributed by atoms with van der Waals surface area (Å²) >= 11 is 0. The molecule has 252 valence electrons. The molecule has 0 saturated heterocycles. The minimum absolute atomic E-state index is 0.0210. The number of para-hydroxylation sites is 1. The van der Waals surface area contributed by atoms with E-state index in [4.69, 9.17) is 18.5 Å². The van der Waals surface area contributed by atoms with Crippen LogP contribution in [0.3, 0.4) is 0 Å². The normalized spacial score (nSPS) is 13.0. The molecule has 0 fully saturated rings. The number of ketones is 1. The molecular weight excluding hydrogens is 657 g/mol. The fourth-order valence-corrected chi connectivity index (χ4v) is 6.13. The maximum absolute atomic E-state index is 13.5. The molecule has 0 aliphatic heterocycles. The molecule has 0 radical (unpaired) electrons. The van der Waals surface area contributed by atoms with Crippen molar-refractivity contribution in [1.29, 1.82) is 0 Å². The Morgan fingerprint density at radius 3 is 2.28 bits per heavy atom. The van der Waals surface area contributed by atoms with Crippen molar-refractivity contribution in [2.45, 2.75) is 32.8 Å². The van der Waals surface area contributed by atoms with Gasteiger partial charge in [-0.25, -0.2) is 17.8 Å². The number of nitrogens with zero attached hydrogens (tertiary/aromatic N) is 1. The summed E-state index contributed by atoms with van der Waals surface area (Å²) in [7, 11) is -7.64. The molecule has 17 heteroatoms. The first-order valence-corrected chi connectivity index (χ1v) is 17.8. The van der Waals surface area contributed by atoms with Gasteiger partial charge in [0.2, 0.25) is 15.9 Å². The van der Waals surface area contributed by atoms with Gasteiger partial charge in [0, 0.05) is 31.0 Å². The lowest BCUT2D eigenvalue weighted by atomic mass is 10.1. The van der Waals surface area contributed by atoms with Crippen LogP contribution in [0.5, 0.6) is 17.2 Å². The van der Waals surface area contributed by atoms with Crippen molar-refractivity contribution in [3.05, 3.63) is 88.5 Å². The number of Topliss-reactive ketones (excluding diaryl/α,β-unsaturated/α-hetero) is 1. The lowest BCUT2D eigenvalue weighted by molar-refractivity contribution is -0.384. The predicted octanol–water partition coefficient (Wildman–Crippen LogP) is 5.08. The number of carbonyl (C=O) groups excluding carboxylic acids is 3. The molecule has 2 atom stereocenters. The second-order valence-corrected chi connectivity index (χ2v) is 13.8. The number of carbonyl (C=O) groups is 3. The minimum atomic E-state index is -3.93. The van der Waals surface area contributed by atoms with Crippen molar-refractivity contribution in [3.8, 4) is 17.2 Å². The van der Waals surface area contributed by atoms with Gasteiger partial charge in [-0.05, 0) is 56.3 Å². The summed E-state index contributed by atoms with van der Waals surface area (Å²) in [6, 6.07) is 17.3. The molecular formula is C30H34N3O12PS. The van der Waals surface area contributed by atoms with Gasteiger partial charge in [-0.2, -0.15) is 0 Å². The molecule has 3 aromatic rings. The van der Waals surface area contributed by atoms with Gasteiger partial charge in [0.15, 0.2) is 17.6 Å². The Kier molecular flexibility index (Phi) is 13.0. The highest BCUT2D eigenvalue weighted by atomic mass is 32.2. The molecule has 3 aromatic carbocycles. The Hall–Kier alpha value is -4.79. The highest BCUT2D eigenvalue weighted by Gasteiger charge is 2.32. The standard InChI is InChI=1S/C30H34N3O12PS/c1-4-42-30(36)21(2)44-46(39,45-25-8-6-5-7-9-25)19-18-31-29(35)17-16-27(34)22-10-13-24(14-11-22)43-28-20-23(33(37)38)12-15-26(28)32-47(3,40)41/h5-15,20-21,32H,4,16-19H2,1-3H3,(H,31,35)/t21-,46?/m1/s1. The summed E-state index contributed by atoms with van der Waals surface area (Å²) in [5.74, 6) is -1.30. The van der Waals surface area contributed by atoms with Crippen LogP contribution in [0.1, 0.15) is 37.0 Å². The van der Waals surface area contributed by atoms with E-state index in [0.717, 1.165) is 18.4 Å². The molecule has 47 heavy (non-hydrogen) atoms. The summed E-state index contributed by atoms with van der Waals surface area (Å²) in [6.07, 6.45) is -0.879. The number of anilines is 1. The smallest absolute Gasteiger partial charge is 0.381 e. The van der Waals surface area contributed by atoms with Gasteiger partial charge in [0.25, 0.3) is 5.69 Å². The number of esters is 1. The van der Waals surface area contributed by atoms with E-state index >= 15 is 0 Å². The van der Waals surface area contributed by atoms with E-state index in [0.29, 0.717) is 0 Å². The quantitative estimate of drug-likeness (QED) is 0.0589. The van der Waals surface area contributed by atoms with Crippen molar-refractivity contribution < 1.29 is 50.8 Å². The third kappa shape index (κ3) is 12.2. The molecule has 0 aliphatic rings. The van der Waals surface area contributed by atoms with Crippen molar-refractivity contribution in [3.63, 3.8) is 0 Å². The molecule has 3 rings (SSSR count). The number of non-ortho nitro benzene ring substituents is 1. The molecule has 2 N–H and O–H groups in total. The zero-order valence-corrected chi connectivity index (χ0v) is 27.5. The van der Waals surface area contributed by atoms with Crippen LogP contribution in [0.2, 0.25) is 0 Å². The minimum Gasteiger partial charge on any atom is -0.464 e. The number of nitro benzene ring substituents is 1. The van der Waals surface area contributed by atoms with Crippen LogP contribution in [-0.2, 0) is 33.4 Å². The highest BCUT2D eigenvalue weighted by molar-refractivity contribution is 7.92. The van der Waals surface area contributed by atoms with Gasteiger partial charge in [-0.15, -0.1) is 0 Å². The fraction of sp³-hybridized carbons (Fsp3) is 0.300. The topological polar surface area (TPSA) is 207 Å². The number of benzene rings is 3. The SMILES string of the molecule is CCOC(=O)[C@@H](C)OP(=O)(CCNC(=O)CCC(=O)c1ccc(Oc2cc([N+](=O)[O-])ccc2NS(C)(=O)=O)cc1)Oc1ccccc1. The largest absolute Gasteiger partial charge is 0.464 e. The van der Waals surface area contributed by atoms with E-state index in [9.17, 15) is 37.5 Å². The monoisotopic (exact) mass is 691 g/mol. The van der Waals surface area contributed by atoms with Gasteiger partial charge >= 0.3 is 13.6 Å². The number of sulfonamides is 1. The number of nitro groups is 1. The van der Waals surface area contributed by atoms with E-state index in [1.165, 1.54) is 37.3 Å². The van der Waals surface area contributed by atoms with Gasteiger partial charge in [-0.1, -0.05) is 18.2 Å². The van der Waals surface area contributed by atoms with Crippen molar-refractivity contribution in [2.24, 2.45) is 0 Å². The number of nitrogens with one attached hydrogen (secondary N) is 2. The molecule has 0 aromatic heterocycles. The van der Waals surface area contributed by atoms with Crippen molar-refractivity contribution in [1.82, 2.24) is 5.32 Å². The van der Waals surface area contributed by atoms with E-state index in [1.54, 1.807) is 37.3 Å². The molecule has 15 nitrogen and oxygen atoms in total. The molecule has 0 heterocycles. The Labute approximate surface area is 271 Å². The van der Waals surface area contributed by atoms with Crippen LogP contribution in [0, 0.1) is 10.1 Å². The maximum atomic E-state index is 13.5. The van der Waals surface area contributed by atoms with E-state index in [2.05, 4.69) is 10.0 Å². The third-order valence-electron chi connectivity index (χ3n) is 6.09. The summed E-state index contributed by atoms with van der Waals surface area (Å²) < 4.78 is 60.7. The number of hydrogen-bond donors (Lipinski definition) is 2. The second kappa shape index (κ2) is 16.7. The predicted molar refractivity (Wildman–Crippen MR) is 171 cm³/mol. The molecule has 1 unspecified atom stereocenters. The summed E-state index contributed by atoms with van der Waals surface area (Å²) in [6.45, 7) is 2.97. The Morgan fingerprint density at radius 2 is 1.66 bits per heavy atom. The van der Waals surface area contributed by atoms with Gasteiger partial charge in [-0.3, -0.25) is 28.9 Å². The van der Waals surface area contributed by atoms with Crippen LogP contribution in [-0.4, -0.2) is 62.7 Å². The van der Waals surface area contributed by atoms with Gasteiger partial charge in [0.1, 0.15) is 11.5 Å². The fourth-order valence-electron chi connectivity index (χ4n) is 3.93. The third-order valence-corrected chi connectivity index (χ3v) is 8.58. The van der Waals surface area contributed by atoms with E-state index in [1.807, 2.05) is 0 Å². The zero-order chi connectivity index (χ0) is 34.6. The first kappa shape index (κ1) is 36.7. The molecule has 1 amide bonds. The summed E-state index contributed by atoms with van der Waals surface area (Å²) in [5, 5.41) is 13.8. The number of amides is 1. The van der Waals surface area contributed by atoms with Crippen LogP contribution >= 0.6 is 7.60 Å². The van der Waals surface area contributed by atoms with Crippen LogP contribution in [0.15, 0.2) is 72.8 Å². The average Bonchev–Trinajstić information content (AvgIpc) is 3.00. The number of ether oxygens (including phenoxy) is 2. The number of hydrogen-bond acceptors (Lipinski definition) is 12. The molecule has 0 saturated carbocycles. The maximum Gasteiger partial charge on any atom is 0.381 e. The Balaban J connectivity index is 1.56. The zero-order valence-electron chi connectivity index (χ0n) is 25.7. The lowest BCUT2D eigenvalue weighted by Gasteiger charge is -2.22. The first-order chi connectivity index (χ1) is 22.2. The Bertz CT molecular complexity index is 1730. The molecule has 0 bridgehead atoms. The second-order valence-electron chi connectivity index (χ2n) is 9.95.